The van der Waals surface area contributed by atoms with Gasteiger partial charge in [-0.05, 0) is 54.6 Å². The van der Waals surface area contributed by atoms with Crippen LogP contribution in [0.1, 0.15) is 5.69 Å². The highest BCUT2D eigenvalue weighted by Gasteiger charge is 2.35. The largest absolute Gasteiger partial charge is 0.508 e. The van der Waals surface area contributed by atoms with E-state index in [-0.39, 0.29) is 11.4 Å². The molecule has 0 fully saturated rings. The number of phenolic OH excluding ortho intramolecular Hbond substituents is 1. The van der Waals surface area contributed by atoms with Gasteiger partial charge in [-0.25, -0.2) is 4.68 Å². The molecule has 0 saturated carbocycles. The fourth-order valence-corrected chi connectivity index (χ4v) is 2.28. The average Bonchev–Trinajstić information content (AvgIpc) is 3.01. The molecule has 0 spiro atoms. The zero-order valence-electron chi connectivity index (χ0n) is 12.6. The summed E-state index contributed by atoms with van der Waals surface area (Å²) in [6.45, 7) is 0. The van der Waals surface area contributed by atoms with Crippen molar-refractivity contribution in [2.24, 2.45) is 0 Å². The van der Waals surface area contributed by atoms with E-state index in [1.807, 2.05) is 0 Å². The van der Waals surface area contributed by atoms with E-state index in [0.717, 1.165) is 6.07 Å². The highest BCUT2D eigenvalue weighted by Crippen LogP contribution is 2.33. The normalized spacial score (nSPS) is 11.5. The van der Waals surface area contributed by atoms with E-state index >= 15 is 0 Å². The van der Waals surface area contributed by atoms with Crippen LogP contribution in [-0.4, -0.2) is 22.0 Å². The maximum Gasteiger partial charge on any atom is 0.435 e. The van der Waals surface area contributed by atoms with E-state index in [1.165, 1.54) is 36.1 Å². The summed E-state index contributed by atoms with van der Waals surface area (Å²) in [6, 6.07) is 13.4. The summed E-state index contributed by atoms with van der Waals surface area (Å²) in [7, 11) is 1.51. The lowest BCUT2D eigenvalue weighted by Crippen LogP contribution is -2.07. The van der Waals surface area contributed by atoms with Gasteiger partial charge >= 0.3 is 6.18 Å². The number of halogens is 3. The molecular weight excluding hydrogens is 321 g/mol. The van der Waals surface area contributed by atoms with Gasteiger partial charge in [0.1, 0.15) is 11.5 Å². The number of ether oxygens (including phenoxy) is 1. The summed E-state index contributed by atoms with van der Waals surface area (Å²) in [5.74, 6) is 0.624. The molecule has 1 aromatic heterocycles. The first kappa shape index (κ1) is 15.9. The highest BCUT2D eigenvalue weighted by atomic mass is 19.4. The molecule has 0 unspecified atom stereocenters. The molecule has 0 atom stereocenters. The van der Waals surface area contributed by atoms with Crippen LogP contribution in [0.4, 0.5) is 13.2 Å². The van der Waals surface area contributed by atoms with Gasteiger partial charge in [-0.1, -0.05) is 0 Å². The quantitative estimate of drug-likeness (QED) is 0.778. The van der Waals surface area contributed by atoms with E-state index in [4.69, 9.17) is 4.74 Å². The molecule has 0 bridgehead atoms. The topological polar surface area (TPSA) is 47.3 Å². The molecule has 3 rings (SSSR count). The third-order valence-electron chi connectivity index (χ3n) is 3.48. The summed E-state index contributed by atoms with van der Waals surface area (Å²) in [6.07, 6.45) is -4.55. The van der Waals surface area contributed by atoms with Gasteiger partial charge < -0.3 is 9.84 Å². The molecule has 24 heavy (non-hydrogen) atoms. The van der Waals surface area contributed by atoms with Crippen molar-refractivity contribution in [2.75, 3.05) is 7.11 Å². The van der Waals surface area contributed by atoms with Crippen LogP contribution in [0.15, 0.2) is 54.6 Å². The molecule has 1 N–H and O–H groups in total. The molecule has 0 amide bonds. The van der Waals surface area contributed by atoms with Crippen LogP contribution >= 0.6 is 0 Å². The van der Waals surface area contributed by atoms with E-state index < -0.39 is 11.9 Å². The second-order valence-electron chi connectivity index (χ2n) is 5.07. The molecule has 2 aromatic carbocycles. The van der Waals surface area contributed by atoms with Gasteiger partial charge in [0.25, 0.3) is 0 Å². The van der Waals surface area contributed by atoms with Crippen molar-refractivity contribution in [3.8, 4) is 28.4 Å². The maximum absolute atomic E-state index is 13.1. The first-order chi connectivity index (χ1) is 11.4. The lowest BCUT2D eigenvalue weighted by molar-refractivity contribution is -0.141. The Hall–Kier alpha value is -2.96. The van der Waals surface area contributed by atoms with E-state index in [0.29, 0.717) is 17.0 Å². The molecule has 7 heteroatoms. The highest BCUT2D eigenvalue weighted by molar-refractivity contribution is 5.64. The fraction of sp³-hybridized carbons (Fsp3) is 0.118. The predicted octanol–water partition coefficient (Wildman–Crippen LogP) is 4.27. The molecule has 3 aromatic rings. The second kappa shape index (κ2) is 5.92. The Morgan fingerprint density at radius 2 is 1.62 bits per heavy atom. The minimum Gasteiger partial charge on any atom is -0.508 e. The van der Waals surface area contributed by atoms with Crippen molar-refractivity contribution in [3.63, 3.8) is 0 Å². The number of phenols is 1. The van der Waals surface area contributed by atoms with Gasteiger partial charge in [-0.15, -0.1) is 0 Å². The number of aromatic nitrogens is 2. The molecule has 0 aliphatic carbocycles. The van der Waals surface area contributed by atoms with Crippen LogP contribution in [0.2, 0.25) is 0 Å². The third kappa shape index (κ3) is 3.05. The van der Waals surface area contributed by atoms with Crippen LogP contribution in [0.25, 0.3) is 16.9 Å². The first-order valence-corrected chi connectivity index (χ1v) is 6.99. The van der Waals surface area contributed by atoms with Crippen molar-refractivity contribution in [2.45, 2.75) is 6.18 Å². The number of methoxy groups -OCH3 is 1. The zero-order chi connectivity index (χ0) is 17.3. The summed E-state index contributed by atoms with van der Waals surface area (Å²) < 4.78 is 45.4. The van der Waals surface area contributed by atoms with E-state index in [1.54, 1.807) is 24.3 Å². The van der Waals surface area contributed by atoms with E-state index in [9.17, 15) is 18.3 Å². The van der Waals surface area contributed by atoms with Crippen LogP contribution in [0.5, 0.6) is 11.5 Å². The maximum atomic E-state index is 13.1. The van der Waals surface area contributed by atoms with Crippen molar-refractivity contribution >= 4 is 0 Å². The minimum absolute atomic E-state index is 0.0212. The van der Waals surface area contributed by atoms with Gasteiger partial charge in [0.2, 0.25) is 0 Å². The average molecular weight is 334 g/mol. The predicted molar refractivity (Wildman–Crippen MR) is 82.2 cm³/mol. The Kier molecular flexibility index (Phi) is 3.92. The lowest BCUT2D eigenvalue weighted by Gasteiger charge is -2.08. The molecule has 1 heterocycles. The Balaban J connectivity index is 2.15. The number of alkyl halides is 3. The number of hydrogen-bond donors (Lipinski definition) is 1. The first-order valence-electron chi connectivity index (χ1n) is 6.99. The number of nitrogens with zero attached hydrogens (tertiary/aromatic N) is 2. The van der Waals surface area contributed by atoms with Gasteiger partial charge in [-0.2, -0.15) is 18.3 Å². The third-order valence-corrected chi connectivity index (χ3v) is 3.48. The number of hydrogen-bond acceptors (Lipinski definition) is 3. The van der Waals surface area contributed by atoms with Crippen LogP contribution in [-0.2, 0) is 6.18 Å². The Morgan fingerprint density at radius 1 is 1.00 bits per heavy atom. The lowest BCUT2D eigenvalue weighted by atomic mass is 10.1. The van der Waals surface area contributed by atoms with Crippen molar-refractivity contribution < 1.29 is 23.0 Å². The van der Waals surface area contributed by atoms with Gasteiger partial charge in [0, 0.05) is 5.56 Å². The molecule has 0 radical (unpaired) electrons. The van der Waals surface area contributed by atoms with Crippen LogP contribution in [0.3, 0.4) is 0 Å². The monoisotopic (exact) mass is 334 g/mol. The van der Waals surface area contributed by atoms with Crippen molar-refractivity contribution in [3.05, 3.63) is 60.3 Å². The van der Waals surface area contributed by atoms with Gasteiger partial charge in [0.15, 0.2) is 5.69 Å². The standard InChI is InChI=1S/C17H13F3N2O2/c1-24-14-8-2-11(3-9-14)15-10-16(17(18,19)20)21-22(15)12-4-6-13(23)7-5-12/h2-10,23H,1H3. The fourth-order valence-electron chi connectivity index (χ4n) is 2.28. The molecule has 0 aliphatic heterocycles. The Morgan fingerprint density at radius 3 is 2.17 bits per heavy atom. The van der Waals surface area contributed by atoms with E-state index in [2.05, 4.69) is 5.10 Å². The van der Waals surface area contributed by atoms with Crippen molar-refractivity contribution in [1.29, 1.82) is 0 Å². The van der Waals surface area contributed by atoms with Crippen molar-refractivity contribution in [1.82, 2.24) is 9.78 Å². The van der Waals surface area contributed by atoms with Crippen LogP contribution < -0.4 is 4.74 Å². The van der Waals surface area contributed by atoms with Crippen LogP contribution in [0, 0.1) is 0 Å². The number of rotatable bonds is 3. The zero-order valence-corrected chi connectivity index (χ0v) is 12.6. The molecule has 124 valence electrons. The summed E-state index contributed by atoms with van der Waals surface area (Å²) >= 11 is 0. The summed E-state index contributed by atoms with van der Waals surface area (Å²) in [5.41, 5.74) is 0.276. The molecular formula is C17H13F3N2O2. The molecule has 0 aliphatic rings. The van der Waals surface area contributed by atoms with Gasteiger partial charge in [0.05, 0.1) is 18.5 Å². The minimum atomic E-state index is -4.55. The Labute approximate surface area is 135 Å². The SMILES string of the molecule is COc1ccc(-c2cc(C(F)(F)F)nn2-c2ccc(O)cc2)cc1. The summed E-state index contributed by atoms with van der Waals surface area (Å²) in [5, 5.41) is 13.0. The molecule has 0 saturated heterocycles. The number of aromatic hydroxyl groups is 1. The molecule has 4 nitrogen and oxygen atoms in total. The second-order valence-corrected chi connectivity index (χ2v) is 5.07. The Bertz CT molecular complexity index is 838. The summed E-state index contributed by atoms with van der Waals surface area (Å²) in [4.78, 5) is 0. The smallest absolute Gasteiger partial charge is 0.435 e. The number of benzene rings is 2. The van der Waals surface area contributed by atoms with Gasteiger partial charge in [-0.3, -0.25) is 0 Å².